The van der Waals surface area contributed by atoms with E-state index in [1.165, 1.54) is 0 Å². The lowest BCUT2D eigenvalue weighted by atomic mass is 10.2. The van der Waals surface area contributed by atoms with Crippen molar-refractivity contribution in [2.75, 3.05) is 31.2 Å². The highest BCUT2D eigenvalue weighted by Crippen LogP contribution is 2.19. The van der Waals surface area contributed by atoms with E-state index >= 15 is 0 Å². The zero-order chi connectivity index (χ0) is 17.1. The van der Waals surface area contributed by atoms with Gasteiger partial charge in [0.15, 0.2) is 0 Å². The molecule has 0 fully saturated rings. The Hall–Kier alpha value is -1.37. The first-order valence-corrected chi connectivity index (χ1v) is 10.8. The Morgan fingerprint density at radius 2 is 1.74 bits per heavy atom. The van der Waals surface area contributed by atoms with E-state index in [9.17, 15) is 4.79 Å². The van der Waals surface area contributed by atoms with Gasteiger partial charge in [-0.25, -0.2) is 0 Å². The lowest BCUT2D eigenvalue weighted by Gasteiger charge is -2.28. The van der Waals surface area contributed by atoms with Gasteiger partial charge in [-0.1, -0.05) is 18.2 Å². The standard InChI is InChI=1S/C17H29NO4Si/c1-4-21-23(3,22-5-2)15-9-13-18(14-12-17(19)20)16-10-7-6-8-11-16/h6-8,10-11H,4-5,9,12-15H2,1-3H3,(H,19,20). The monoisotopic (exact) mass is 339 g/mol. The maximum atomic E-state index is 10.9. The van der Waals surface area contributed by atoms with Crippen LogP contribution in [-0.2, 0) is 13.6 Å². The van der Waals surface area contributed by atoms with Gasteiger partial charge in [0, 0.05) is 32.0 Å². The number of nitrogens with zero attached hydrogens (tertiary/aromatic N) is 1. The molecule has 130 valence electrons. The zero-order valence-corrected chi connectivity index (χ0v) is 15.5. The summed E-state index contributed by atoms with van der Waals surface area (Å²) in [6.45, 7) is 8.75. The number of rotatable bonds is 12. The number of hydrogen-bond acceptors (Lipinski definition) is 4. The topological polar surface area (TPSA) is 59.0 Å². The maximum absolute atomic E-state index is 10.9. The van der Waals surface area contributed by atoms with Gasteiger partial charge in [0.1, 0.15) is 0 Å². The molecule has 1 aromatic rings. The molecule has 0 unspecified atom stereocenters. The molecule has 6 heteroatoms. The highest BCUT2D eigenvalue weighted by Gasteiger charge is 2.30. The zero-order valence-electron chi connectivity index (χ0n) is 14.5. The molecular weight excluding hydrogens is 310 g/mol. The van der Waals surface area contributed by atoms with Crippen molar-refractivity contribution < 1.29 is 18.8 Å². The number of aliphatic carboxylic acids is 1. The van der Waals surface area contributed by atoms with E-state index in [1.807, 2.05) is 44.2 Å². The average Bonchev–Trinajstić information content (AvgIpc) is 2.52. The largest absolute Gasteiger partial charge is 0.481 e. The van der Waals surface area contributed by atoms with Crippen LogP contribution in [0.15, 0.2) is 30.3 Å². The molecule has 0 aliphatic rings. The molecule has 1 N–H and O–H groups in total. The highest BCUT2D eigenvalue weighted by atomic mass is 28.4. The van der Waals surface area contributed by atoms with E-state index in [2.05, 4.69) is 11.4 Å². The number of carboxylic acids is 1. The van der Waals surface area contributed by atoms with Crippen molar-refractivity contribution in [3.63, 3.8) is 0 Å². The second kappa shape index (κ2) is 10.4. The summed E-state index contributed by atoms with van der Waals surface area (Å²) in [5.74, 6) is -0.770. The fourth-order valence-corrected chi connectivity index (χ4v) is 5.02. The summed E-state index contributed by atoms with van der Waals surface area (Å²) in [7, 11) is -2.10. The normalized spacial score (nSPS) is 11.4. The van der Waals surface area contributed by atoms with Gasteiger partial charge in [0.2, 0.25) is 0 Å². The molecule has 0 saturated heterocycles. The lowest BCUT2D eigenvalue weighted by Crippen LogP contribution is -2.39. The Kier molecular flexibility index (Phi) is 8.90. The van der Waals surface area contributed by atoms with Crippen molar-refractivity contribution in [2.45, 2.75) is 39.3 Å². The number of carbonyl (C=O) groups is 1. The smallest absolute Gasteiger partial charge is 0.334 e. The molecule has 0 aromatic heterocycles. The number of benzene rings is 1. The Bertz CT molecular complexity index is 449. The molecule has 0 aliphatic heterocycles. The molecular formula is C17H29NO4Si. The van der Waals surface area contributed by atoms with Crippen molar-refractivity contribution in [1.82, 2.24) is 0 Å². The first-order chi connectivity index (χ1) is 11.0. The van der Waals surface area contributed by atoms with Gasteiger partial charge < -0.3 is 18.9 Å². The minimum atomic E-state index is -2.10. The predicted molar refractivity (Wildman–Crippen MR) is 95.2 cm³/mol. The summed E-state index contributed by atoms with van der Waals surface area (Å²) in [6, 6.07) is 10.9. The van der Waals surface area contributed by atoms with Gasteiger partial charge in [0.25, 0.3) is 0 Å². The van der Waals surface area contributed by atoms with Crippen molar-refractivity contribution in [3.8, 4) is 0 Å². The molecule has 0 aliphatic carbocycles. The first kappa shape index (κ1) is 19.7. The van der Waals surface area contributed by atoms with Gasteiger partial charge in [-0.3, -0.25) is 4.79 Å². The molecule has 0 saturated carbocycles. The van der Waals surface area contributed by atoms with Crippen LogP contribution in [0.5, 0.6) is 0 Å². The molecule has 0 spiro atoms. The van der Waals surface area contributed by atoms with Crippen LogP contribution >= 0.6 is 0 Å². The third kappa shape index (κ3) is 7.63. The van der Waals surface area contributed by atoms with Gasteiger partial charge >= 0.3 is 14.5 Å². The lowest BCUT2D eigenvalue weighted by molar-refractivity contribution is -0.136. The summed E-state index contributed by atoms with van der Waals surface area (Å²) in [6.07, 6.45) is 1.07. The van der Waals surface area contributed by atoms with Crippen molar-refractivity contribution in [1.29, 1.82) is 0 Å². The first-order valence-electron chi connectivity index (χ1n) is 8.30. The number of para-hydroxylation sites is 1. The molecule has 1 aromatic carbocycles. The number of anilines is 1. The van der Waals surface area contributed by atoms with E-state index in [1.54, 1.807) is 0 Å². The summed E-state index contributed by atoms with van der Waals surface area (Å²) < 4.78 is 11.7. The Morgan fingerprint density at radius 3 is 2.26 bits per heavy atom. The Labute approximate surface area is 140 Å². The van der Waals surface area contributed by atoms with E-state index in [4.69, 9.17) is 14.0 Å². The van der Waals surface area contributed by atoms with Crippen molar-refractivity contribution in [2.24, 2.45) is 0 Å². The van der Waals surface area contributed by atoms with Crippen LogP contribution in [-0.4, -0.2) is 45.9 Å². The Morgan fingerprint density at radius 1 is 1.13 bits per heavy atom. The van der Waals surface area contributed by atoms with Crippen molar-refractivity contribution >= 4 is 20.2 Å². The van der Waals surface area contributed by atoms with Crippen LogP contribution < -0.4 is 4.90 Å². The van der Waals surface area contributed by atoms with Gasteiger partial charge in [-0.05, 0) is 45.0 Å². The minimum absolute atomic E-state index is 0.139. The maximum Gasteiger partial charge on any atom is 0.334 e. The predicted octanol–water partition coefficient (Wildman–Crippen LogP) is 3.50. The van der Waals surface area contributed by atoms with Crippen molar-refractivity contribution in [3.05, 3.63) is 30.3 Å². The summed E-state index contributed by atoms with van der Waals surface area (Å²) in [4.78, 5) is 13.0. The third-order valence-corrected chi connectivity index (χ3v) is 6.74. The van der Waals surface area contributed by atoms with Crippen LogP contribution in [0.25, 0.3) is 0 Å². The quantitative estimate of drug-likeness (QED) is 0.591. The average molecular weight is 340 g/mol. The Balaban J connectivity index is 2.61. The second-order valence-electron chi connectivity index (χ2n) is 5.57. The third-order valence-electron chi connectivity index (χ3n) is 3.68. The summed E-state index contributed by atoms with van der Waals surface area (Å²) >= 11 is 0. The second-order valence-corrected chi connectivity index (χ2v) is 8.91. The molecule has 0 bridgehead atoms. The summed E-state index contributed by atoms with van der Waals surface area (Å²) in [5.41, 5.74) is 1.06. The molecule has 0 radical (unpaired) electrons. The van der Waals surface area contributed by atoms with Crippen LogP contribution in [0.3, 0.4) is 0 Å². The molecule has 23 heavy (non-hydrogen) atoms. The van der Waals surface area contributed by atoms with E-state index in [-0.39, 0.29) is 6.42 Å². The van der Waals surface area contributed by atoms with Crippen LogP contribution in [0.4, 0.5) is 5.69 Å². The molecule has 5 nitrogen and oxygen atoms in total. The molecule has 1 rings (SSSR count). The van der Waals surface area contributed by atoms with E-state index < -0.39 is 14.5 Å². The summed E-state index contributed by atoms with van der Waals surface area (Å²) in [5, 5.41) is 8.94. The SMILES string of the molecule is CCO[Si](C)(CCCN(CCC(=O)O)c1ccccc1)OCC. The van der Waals surface area contributed by atoms with Gasteiger partial charge in [-0.2, -0.15) is 0 Å². The fraction of sp³-hybridized carbons (Fsp3) is 0.588. The van der Waals surface area contributed by atoms with E-state index in [0.717, 1.165) is 24.7 Å². The number of carboxylic acid groups (broad SMARTS) is 1. The molecule has 0 atom stereocenters. The van der Waals surface area contributed by atoms with Gasteiger partial charge in [0.05, 0.1) is 6.42 Å². The van der Waals surface area contributed by atoms with Gasteiger partial charge in [-0.15, -0.1) is 0 Å². The van der Waals surface area contributed by atoms with E-state index in [0.29, 0.717) is 19.8 Å². The fourth-order valence-electron chi connectivity index (χ4n) is 2.63. The highest BCUT2D eigenvalue weighted by molar-refractivity contribution is 6.66. The van der Waals surface area contributed by atoms with Crippen LogP contribution in [0.1, 0.15) is 26.7 Å². The minimum Gasteiger partial charge on any atom is -0.481 e. The molecule has 0 amide bonds. The van der Waals surface area contributed by atoms with Crippen LogP contribution in [0, 0.1) is 0 Å². The number of hydrogen-bond donors (Lipinski definition) is 1. The molecule has 0 heterocycles. The van der Waals surface area contributed by atoms with Crippen LogP contribution in [0.2, 0.25) is 12.6 Å².